The topological polar surface area (TPSA) is 47.5 Å². The fourth-order valence-corrected chi connectivity index (χ4v) is 5.54. The molecule has 2 aliphatic rings. The molecule has 0 amide bonds. The van der Waals surface area contributed by atoms with E-state index in [0.717, 1.165) is 36.0 Å². The van der Waals surface area contributed by atoms with Gasteiger partial charge in [-0.2, -0.15) is 0 Å². The van der Waals surface area contributed by atoms with Crippen molar-refractivity contribution in [3.63, 3.8) is 0 Å². The van der Waals surface area contributed by atoms with Crippen molar-refractivity contribution in [2.24, 2.45) is 0 Å². The number of hydrogen-bond acceptors (Lipinski definition) is 7. The number of likely N-dealkylation sites (N-methyl/N-ethyl adjacent to an activating group) is 1. The molecule has 2 saturated heterocycles. The molecule has 4 heterocycles. The van der Waals surface area contributed by atoms with Gasteiger partial charge >= 0.3 is 0 Å². The maximum absolute atomic E-state index is 5.05. The van der Waals surface area contributed by atoms with E-state index in [0.29, 0.717) is 0 Å². The smallest absolute Gasteiger partial charge is 0.146 e. The van der Waals surface area contributed by atoms with Crippen LogP contribution in [0.3, 0.4) is 0 Å². The van der Waals surface area contributed by atoms with Crippen molar-refractivity contribution in [2.45, 2.75) is 59.0 Å². The van der Waals surface area contributed by atoms with Gasteiger partial charge in [0.2, 0.25) is 0 Å². The van der Waals surface area contributed by atoms with Crippen molar-refractivity contribution >= 4 is 27.4 Å². The molecule has 2 aromatic rings. The SMILES string of the molecule is Cc1sc2nc(CN3CCCC3)nc(NC(C)(C)CCN3CCN(C)CC3)c2c1C. The Morgan fingerprint density at radius 2 is 1.67 bits per heavy atom. The number of thiophene rings is 1. The third-order valence-corrected chi connectivity index (χ3v) is 7.85. The Morgan fingerprint density at radius 3 is 2.37 bits per heavy atom. The van der Waals surface area contributed by atoms with Gasteiger partial charge in [-0.15, -0.1) is 11.3 Å². The first-order valence-corrected chi connectivity index (χ1v) is 12.3. The summed E-state index contributed by atoms with van der Waals surface area (Å²) >= 11 is 1.80. The summed E-state index contributed by atoms with van der Waals surface area (Å²) in [5, 5.41) is 5.05. The molecule has 1 N–H and O–H groups in total. The van der Waals surface area contributed by atoms with Crippen LogP contribution in [0.15, 0.2) is 0 Å². The van der Waals surface area contributed by atoms with Gasteiger partial charge in [0.1, 0.15) is 16.5 Å². The Hall–Kier alpha value is -1.28. The molecule has 0 unspecified atom stereocenters. The number of piperazine rings is 1. The van der Waals surface area contributed by atoms with E-state index in [-0.39, 0.29) is 5.54 Å². The first-order chi connectivity index (χ1) is 14.3. The predicted octanol–water partition coefficient (Wildman–Crippen LogP) is 3.73. The Kier molecular flexibility index (Phi) is 6.63. The number of fused-ring (bicyclic) bond motifs is 1. The van der Waals surface area contributed by atoms with Gasteiger partial charge < -0.3 is 15.1 Å². The maximum atomic E-state index is 5.05. The Morgan fingerprint density at radius 1 is 0.967 bits per heavy atom. The highest BCUT2D eigenvalue weighted by molar-refractivity contribution is 7.18. The second-order valence-electron chi connectivity index (χ2n) is 9.84. The van der Waals surface area contributed by atoms with Crippen LogP contribution in [0.1, 0.15) is 49.4 Å². The number of rotatable bonds is 7. The molecule has 2 aliphatic heterocycles. The maximum Gasteiger partial charge on any atom is 0.146 e. The molecule has 2 aromatic heterocycles. The van der Waals surface area contributed by atoms with E-state index in [1.807, 2.05) is 0 Å². The van der Waals surface area contributed by atoms with Crippen molar-refractivity contribution in [1.82, 2.24) is 24.7 Å². The van der Waals surface area contributed by atoms with Gasteiger partial charge in [-0.1, -0.05) is 0 Å². The summed E-state index contributed by atoms with van der Waals surface area (Å²) in [6.07, 6.45) is 3.69. The van der Waals surface area contributed by atoms with Crippen LogP contribution in [0.25, 0.3) is 10.2 Å². The number of nitrogens with zero attached hydrogens (tertiary/aromatic N) is 5. The average Bonchev–Trinajstić information content (AvgIpc) is 3.29. The third kappa shape index (κ3) is 5.13. The Balaban J connectivity index is 1.51. The lowest BCUT2D eigenvalue weighted by atomic mass is 9.99. The van der Waals surface area contributed by atoms with E-state index in [9.17, 15) is 0 Å². The van der Waals surface area contributed by atoms with Crippen LogP contribution in [0, 0.1) is 13.8 Å². The monoisotopic (exact) mass is 430 g/mol. The van der Waals surface area contributed by atoms with Crippen LogP contribution in [0.2, 0.25) is 0 Å². The zero-order chi connectivity index (χ0) is 21.3. The highest BCUT2D eigenvalue weighted by Crippen LogP contribution is 2.35. The van der Waals surface area contributed by atoms with Gasteiger partial charge in [0.05, 0.1) is 11.9 Å². The van der Waals surface area contributed by atoms with Gasteiger partial charge in [0, 0.05) is 43.1 Å². The van der Waals surface area contributed by atoms with Crippen molar-refractivity contribution in [3.8, 4) is 0 Å². The molecule has 4 rings (SSSR count). The van der Waals surface area contributed by atoms with Gasteiger partial charge in [-0.3, -0.25) is 4.90 Å². The lowest BCUT2D eigenvalue weighted by molar-refractivity contribution is 0.147. The molecule has 2 fully saturated rings. The van der Waals surface area contributed by atoms with Crippen molar-refractivity contribution in [1.29, 1.82) is 0 Å². The van der Waals surface area contributed by atoms with Crippen LogP contribution in [0.5, 0.6) is 0 Å². The van der Waals surface area contributed by atoms with Gasteiger partial charge in [-0.25, -0.2) is 9.97 Å². The zero-order valence-corrected chi connectivity index (χ0v) is 20.2. The largest absolute Gasteiger partial charge is 0.364 e. The molecular weight excluding hydrogens is 392 g/mol. The summed E-state index contributed by atoms with van der Waals surface area (Å²) in [5.74, 6) is 1.99. The summed E-state index contributed by atoms with van der Waals surface area (Å²) in [6, 6.07) is 0. The molecular formula is C23H38N6S. The third-order valence-electron chi connectivity index (χ3n) is 6.74. The fourth-order valence-electron chi connectivity index (χ4n) is 4.49. The standard InChI is InChI=1S/C23H38N6S/c1-17-18(2)30-22-20(17)21(24-19(25-22)16-29-9-6-7-10-29)26-23(3,4)8-11-28-14-12-27(5)13-15-28/h6-16H2,1-5H3,(H,24,25,26). The molecule has 7 heteroatoms. The molecule has 166 valence electrons. The zero-order valence-electron chi connectivity index (χ0n) is 19.4. The lowest BCUT2D eigenvalue weighted by Crippen LogP contribution is -2.46. The summed E-state index contributed by atoms with van der Waals surface area (Å²) < 4.78 is 0. The van der Waals surface area contributed by atoms with E-state index in [4.69, 9.17) is 9.97 Å². The normalized spacial score (nSPS) is 19.8. The fraction of sp³-hybridized carbons (Fsp3) is 0.739. The van der Waals surface area contributed by atoms with Crippen molar-refractivity contribution < 1.29 is 0 Å². The number of likely N-dealkylation sites (tertiary alicyclic amines) is 1. The van der Waals surface area contributed by atoms with Crippen LogP contribution < -0.4 is 5.32 Å². The molecule has 0 atom stereocenters. The number of aryl methyl sites for hydroxylation is 2. The summed E-state index contributed by atoms with van der Waals surface area (Å²) in [4.78, 5) is 20.0. The van der Waals surface area contributed by atoms with Crippen LogP contribution >= 0.6 is 11.3 Å². The average molecular weight is 431 g/mol. The lowest BCUT2D eigenvalue weighted by Gasteiger charge is -2.35. The second kappa shape index (κ2) is 9.07. The minimum Gasteiger partial charge on any atom is -0.364 e. The highest BCUT2D eigenvalue weighted by atomic mass is 32.1. The molecule has 0 aliphatic carbocycles. The predicted molar refractivity (Wildman–Crippen MR) is 128 cm³/mol. The van der Waals surface area contributed by atoms with Crippen molar-refractivity contribution in [2.75, 3.05) is 58.2 Å². The molecule has 0 bridgehead atoms. The van der Waals surface area contributed by atoms with Crippen LogP contribution in [-0.2, 0) is 6.54 Å². The van der Waals surface area contributed by atoms with Crippen LogP contribution in [0.4, 0.5) is 5.82 Å². The van der Waals surface area contributed by atoms with E-state index in [2.05, 4.69) is 54.8 Å². The van der Waals surface area contributed by atoms with E-state index in [1.165, 1.54) is 67.9 Å². The highest BCUT2D eigenvalue weighted by Gasteiger charge is 2.25. The van der Waals surface area contributed by atoms with Gasteiger partial charge in [0.15, 0.2) is 0 Å². The number of nitrogens with one attached hydrogen (secondary N) is 1. The Bertz CT molecular complexity index is 862. The summed E-state index contributed by atoms with van der Waals surface area (Å²) in [7, 11) is 2.22. The summed E-state index contributed by atoms with van der Waals surface area (Å²) in [6.45, 7) is 18.1. The summed E-state index contributed by atoms with van der Waals surface area (Å²) in [5.41, 5.74) is 1.30. The molecule has 0 saturated carbocycles. The molecule has 6 nitrogen and oxygen atoms in total. The Labute approximate surface area is 185 Å². The van der Waals surface area contributed by atoms with E-state index in [1.54, 1.807) is 11.3 Å². The van der Waals surface area contributed by atoms with Crippen molar-refractivity contribution in [3.05, 3.63) is 16.3 Å². The number of anilines is 1. The van der Waals surface area contributed by atoms with E-state index < -0.39 is 0 Å². The van der Waals surface area contributed by atoms with Gasteiger partial charge in [0.25, 0.3) is 0 Å². The minimum absolute atomic E-state index is 0.0160. The molecule has 0 spiro atoms. The molecule has 0 aromatic carbocycles. The first-order valence-electron chi connectivity index (χ1n) is 11.5. The number of hydrogen-bond donors (Lipinski definition) is 1. The van der Waals surface area contributed by atoms with Gasteiger partial charge in [-0.05, 0) is 72.7 Å². The number of aromatic nitrogens is 2. The first kappa shape index (κ1) is 21.9. The molecule has 0 radical (unpaired) electrons. The second-order valence-corrected chi connectivity index (χ2v) is 11.0. The van der Waals surface area contributed by atoms with E-state index >= 15 is 0 Å². The van der Waals surface area contributed by atoms with Crippen LogP contribution in [-0.4, -0.2) is 83.1 Å². The molecule has 30 heavy (non-hydrogen) atoms. The quantitative estimate of drug-likeness (QED) is 0.722. The minimum atomic E-state index is -0.0160.